The third kappa shape index (κ3) is 1.12. The van der Waals surface area contributed by atoms with E-state index in [9.17, 15) is 9.59 Å². The molecule has 6 atom stereocenters. The van der Waals surface area contributed by atoms with Crippen molar-refractivity contribution >= 4 is 34.8 Å². The summed E-state index contributed by atoms with van der Waals surface area (Å²) in [4.78, 5) is 22.8. The lowest BCUT2D eigenvalue weighted by Gasteiger charge is -2.16. The van der Waals surface area contributed by atoms with Crippen LogP contribution in [-0.4, -0.2) is 21.3 Å². The van der Waals surface area contributed by atoms with Crippen LogP contribution >= 0.6 is 23.2 Å². The first-order valence-electron chi connectivity index (χ1n) is 6.17. The number of carbonyl (C=O) groups excluding carboxylic acids is 2. The summed E-state index contributed by atoms with van der Waals surface area (Å²) in [5.74, 6) is -1.28. The molecule has 0 aromatic rings. The van der Waals surface area contributed by atoms with Crippen molar-refractivity contribution in [2.45, 2.75) is 23.6 Å². The Morgan fingerprint density at radius 2 is 1.22 bits per heavy atom. The zero-order valence-electron chi connectivity index (χ0n) is 10.2. The largest absolute Gasteiger partial charge is 0.297 e. The molecule has 0 heterocycles. The highest BCUT2D eigenvalue weighted by molar-refractivity contribution is 6.51. The van der Waals surface area contributed by atoms with Crippen molar-refractivity contribution in [2.24, 2.45) is 23.7 Å². The van der Waals surface area contributed by atoms with E-state index in [1.54, 1.807) is 0 Å². The van der Waals surface area contributed by atoms with Crippen LogP contribution < -0.4 is 0 Å². The number of carbonyl (C=O) groups is 2. The summed E-state index contributed by atoms with van der Waals surface area (Å²) in [6, 6.07) is 0. The van der Waals surface area contributed by atoms with Gasteiger partial charge in [-0.2, -0.15) is 0 Å². The van der Waals surface area contributed by atoms with Crippen LogP contribution in [0.2, 0.25) is 0 Å². The second-order valence-electron chi connectivity index (χ2n) is 5.32. The predicted molar refractivity (Wildman–Crippen MR) is 70.8 cm³/mol. The quantitative estimate of drug-likeness (QED) is 0.577. The lowest BCUT2D eigenvalue weighted by atomic mass is 9.97. The first-order chi connectivity index (χ1) is 8.45. The van der Waals surface area contributed by atoms with Crippen LogP contribution in [0.25, 0.3) is 0 Å². The molecule has 0 saturated heterocycles. The van der Waals surface area contributed by atoms with Gasteiger partial charge in [0.15, 0.2) is 11.6 Å². The van der Waals surface area contributed by atoms with E-state index < -0.39 is 21.6 Å². The smallest absolute Gasteiger partial charge is 0.161 e. The number of hydrogen-bond donors (Lipinski definition) is 0. The van der Waals surface area contributed by atoms with Crippen LogP contribution in [0.3, 0.4) is 0 Å². The molecule has 0 spiro atoms. The van der Waals surface area contributed by atoms with Crippen molar-refractivity contribution < 1.29 is 9.59 Å². The zero-order chi connectivity index (χ0) is 13.3. The number of halogens is 2. The maximum Gasteiger partial charge on any atom is 0.161 e. The number of fused-ring (bicyclic) bond motifs is 2. The highest BCUT2D eigenvalue weighted by atomic mass is 35.5. The van der Waals surface area contributed by atoms with Crippen LogP contribution in [0.4, 0.5) is 0 Å². The monoisotopic (exact) mass is 284 g/mol. The third-order valence-electron chi connectivity index (χ3n) is 4.50. The summed E-state index contributed by atoms with van der Waals surface area (Å²) in [5, 5.41) is 0. The van der Waals surface area contributed by atoms with E-state index in [4.69, 9.17) is 23.2 Å². The van der Waals surface area contributed by atoms with Crippen LogP contribution in [0.5, 0.6) is 0 Å². The van der Waals surface area contributed by atoms with Crippen molar-refractivity contribution in [1.29, 1.82) is 0 Å². The molecule has 3 rings (SSSR count). The van der Waals surface area contributed by atoms with E-state index in [-0.39, 0.29) is 23.4 Å². The minimum atomic E-state index is -1.01. The summed E-state index contributed by atoms with van der Waals surface area (Å²) in [5.41, 5.74) is 0. The molecule has 0 aromatic carbocycles. The molecule has 2 nitrogen and oxygen atoms in total. The normalized spacial score (nSPS) is 53.8. The van der Waals surface area contributed by atoms with Crippen molar-refractivity contribution in [3.05, 3.63) is 24.3 Å². The zero-order valence-corrected chi connectivity index (χ0v) is 11.7. The van der Waals surface area contributed by atoms with Gasteiger partial charge in [-0.1, -0.05) is 24.3 Å². The number of rotatable bonds is 2. The van der Waals surface area contributed by atoms with Crippen molar-refractivity contribution in [2.75, 3.05) is 0 Å². The van der Waals surface area contributed by atoms with Crippen molar-refractivity contribution in [3.63, 3.8) is 0 Å². The van der Waals surface area contributed by atoms with E-state index in [1.807, 2.05) is 38.2 Å². The Bertz CT molecular complexity index is 464. The molecule has 0 amide bonds. The molecule has 0 bridgehead atoms. The van der Waals surface area contributed by atoms with Crippen molar-refractivity contribution in [3.8, 4) is 0 Å². The van der Waals surface area contributed by atoms with Gasteiger partial charge in [-0.25, -0.2) is 0 Å². The SMILES string of the molecule is C/C=C\C1C2C(=O)C3(Cl)C(/C=C\C)C3C(=O)C12Cl. The molecule has 3 fully saturated rings. The average molecular weight is 285 g/mol. The number of allylic oxidation sites excluding steroid dienone is 4. The minimum Gasteiger partial charge on any atom is -0.297 e. The number of ketones is 2. The fourth-order valence-corrected chi connectivity index (χ4v) is 4.48. The van der Waals surface area contributed by atoms with Crippen LogP contribution in [0.1, 0.15) is 13.8 Å². The average Bonchev–Trinajstić information content (AvgIpc) is 3.13. The Morgan fingerprint density at radius 3 is 1.50 bits per heavy atom. The van der Waals surface area contributed by atoms with Gasteiger partial charge < -0.3 is 0 Å². The van der Waals surface area contributed by atoms with Gasteiger partial charge in [0.25, 0.3) is 0 Å². The van der Waals surface area contributed by atoms with E-state index in [1.165, 1.54) is 0 Å². The van der Waals surface area contributed by atoms with Crippen LogP contribution in [0, 0.1) is 23.7 Å². The standard InChI is InChI=1S/C14H14Cl2O2/c1-3-5-7-9-11(17)14(16)8(6-4-2)10(14)12(18)13(7,9)15/h3-10H,1-2H3/b5-3-,6-4-. The molecule has 6 unspecified atom stereocenters. The maximum atomic E-state index is 12.4. The number of hydrogen-bond acceptors (Lipinski definition) is 2. The number of alkyl halides is 2. The Balaban J connectivity index is 1.99. The Morgan fingerprint density at radius 1 is 0.889 bits per heavy atom. The first-order valence-corrected chi connectivity index (χ1v) is 6.93. The fourth-order valence-electron chi connectivity index (χ4n) is 3.50. The lowest BCUT2D eigenvalue weighted by Crippen LogP contribution is -2.37. The van der Waals surface area contributed by atoms with Crippen LogP contribution in [-0.2, 0) is 9.59 Å². The molecule has 3 aliphatic rings. The Kier molecular flexibility index (Phi) is 2.41. The second kappa shape index (κ2) is 3.49. The van der Waals surface area contributed by atoms with Crippen molar-refractivity contribution in [1.82, 2.24) is 0 Å². The van der Waals surface area contributed by atoms with Gasteiger partial charge in [0, 0.05) is 11.8 Å². The molecular weight excluding hydrogens is 271 g/mol. The molecule has 4 heteroatoms. The van der Waals surface area contributed by atoms with Gasteiger partial charge in [-0.3, -0.25) is 9.59 Å². The summed E-state index contributed by atoms with van der Waals surface area (Å²) in [6.45, 7) is 3.72. The van der Waals surface area contributed by atoms with Gasteiger partial charge in [0.05, 0.1) is 11.8 Å². The van der Waals surface area contributed by atoms with Gasteiger partial charge >= 0.3 is 0 Å². The first kappa shape index (κ1) is 12.4. The maximum absolute atomic E-state index is 12.4. The Labute approximate surface area is 116 Å². The summed E-state index contributed by atoms with van der Waals surface area (Å²) >= 11 is 12.8. The lowest BCUT2D eigenvalue weighted by molar-refractivity contribution is -0.129. The van der Waals surface area contributed by atoms with Gasteiger partial charge in [0.1, 0.15) is 9.75 Å². The molecule has 0 aliphatic heterocycles. The van der Waals surface area contributed by atoms with Gasteiger partial charge in [-0.15, -0.1) is 23.2 Å². The van der Waals surface area contributed by atoms with Crippen LogP contribution in [0.15, 0.2) is 24.3 Å². The molecule has 0 radical (unpaired) electrons. The van der Waals surface area contributed by atoms with Gasteiger partial charge in [0.2, 0.25) is 0 Å². The molecule has 96 valence electrons. The predicted octanol–water partition coefficient (Wildman–Crippen LogP) is 2.74. The molecular formula is C14H14Cl2O2. The fraction of sp³-hybridized carbons (Fsp3) is 0.571. The minimum absolute atomic E-state index is 0.0463. The highest BCUT2D eigenvalue weighted by Gasteiger charge is 2.87. The topological polar surface area (TPSA) is 34.1 Å². The van der Waals surface area contributed by atoms with E-state index in [0.29, 0.717) is 0 Å². The number of Topliss-reactive ketones (excluding diaryl/α,β-unsaturated/α-hetero) is 2. The molecule has 0 aromatic heterocycles. The second-order valence-corrected chi connectivity index (χ2v) is 6.57. The Hall–Kier alpha value is -0.600. The van der Waals surface area contributed by atoms with E-state index >= 15 is 0 Å². The van der Waals surface area contributed by atoms with E-state index in [2.05, 4.69) is 0 Å². The summed E-state index contributed by atoms with van der Waals surface area (Å²) < 4.78 is 0. The molecule has 18 heavy (non-hydrogen) atoms. The molecule has 3 saturated carbocycles. The van der Waals surface area contributed by atoms with Gasteiger partial charge in [-0.05, 0) is 13.8 Å². The third-order valence-corrected chi connectivity index (χ3v) is 5.84. The summed E-state index contributed by atoms with van der Waals surface area (Å²) in [6.07, 6.45) is 7.37. The summed E-state index contributed by atoms with van der Waals surface area (Å²) in [7, 11) is 0. The van der Waals surface area contributed by atoms with E-state index in [0.717, 1.165) is 0 Å². The molecule has 3 aliphatic carbocycles. The highest BCUT2D eigenvalue weighted by Crippen LogP contribution is 2.73. The molecule has 0 N–H and O–H groups in total.